The number of ether oxygens (including phenoxy) is 1. The van der Waals surface area contributed by atoms with Crippen molar-refractivity contribution in [3.05, 3.63) is 41.6 Å². The van der Waals surface area contributed by atoms with Gasteiger partial charge in [-0.1, -0.05) is 18.2 Å². The average Bonchev–Trinajstić information content (AvgIpc) is 2.79. The molecule has 2 aromatic rings. The van der Waals surface area contributed by atoms with E-state index in [1.165, 1.54) is 6.92 Å². The van der Waals surface area contributed by atoms with Crippen LogP contribution in [0.4, 0.5) is 10.7 Å². The van der Waals surface area contributed by atoms with Crippen LogP contribution in [0.3, 0.4) is 0 Å². The van der Waals surface area contributed by atoms with E-state index in [2.05, 4.69) is 9.69 Å². The Balaban J connectivity index is 1.99. The minimum Gasteiger partial charge on any atom is -0.449 e. The van der Waals surface area contributed by atoms with Gasteiger partial charge in [0.05, 0.1) is 5.69 Å². The van der Waals surface area contributed by atoms with Crippen LogP contribution < -0.4 is 11.1 Å². The van der Waals surface area contributed by atoms with Crippen LogP contribution in [0.25, 0.3) is 0 Å². The standard InChI is InChI=1S/C14H15N3O3S/c1-8-11(12(15)21-17-8)14(19)20-9(2)13(18)16-10-6-4-3-5-7-10/h3-7,9H,15H2,1-2H3,(H,16,18). The molecule has 1 aromatic heterocycles. The highest BCUT2D eigenvalue weighted by Crippen LogP contribution is 2.22. The number of nitrogens with one attached hydrogen (secondary N) is 1. The number of benzene rings is 1. The summed E-state index contributed by atoms with van der Waals surface area (Å²) in [5.41, 5.74) is 7.03. The number of hydrogen-bond acceptors (Lipinski definition) is 6. The smallest absolute Gasteiger partial charge is 0.343 e. The first-order valence-electron chi connectivity index (χ1n) is 6.27. The predicted molar refractivity (Wildman–Crippen MR) is 81.2 cm³/mol. The van der Waals surface area contributed by atoms with Gasteiger partial charge >= 0.3 is 5.97 Å². The van der Waals surface area contributed by atoms with Gasteiger partial charge in [0.15, 0.2) is 6.10 Å². The third-order valence-electron chi connectivity index (χ3n) is 2.79. The summed E-state index contributed by atoms with van der Waals surface area (Å²) in [4.78, 5) is 24.0. The molecule has 1 aromatic carbocycles. The summed E-state index contributed by atoms with van der Waals surface area (Å²) in [6.07, 6.45) is -0.934. The Labute approximate surface area is 126 Å². The van der Waals surface area contributed by atoms with Gasteiger partial charge in [-0.05, 0) is 37.5 Å². The summed E-state index contributed by atoms with van der Waals surface area (Å²) in [6.45, 7) is 3.17. The molecule has 7 heteroatoms. The first-order chi connectivity index (χ1) is 9.99. The highest BCUT2D eigenvalue weighted by molar-refractivity contribution is 7.10. The highest BCUT2D eigenvalue weighted by Gasteiger charge is 2.23. The normalized spacial score (nSPS) is 11.7. The lowest BCUT2D eigenvalue weighted by atomic mass is 10.2. The maximum atomic E-state index is 12.0. The van der Waals surface area contributed by atoms with E-state index in [1.54, 1.807) is 31.2 Å². The van der Waals surface area contributed by atoms with Crippen LogP contribution in [0.2, 0.25) is 0 Å². The number of nitrogens with two attached hydrogens (primary N) is 1. The average molecular weight is 305 g/mol. The summed E-state index contributed by atoms with van der Waals surface area (Å²) in [5, 5.41) is 2.95. The Morgan fingerprint density at radius 3 is 2.57 bits per heavy atom. The van der Waals surface area contributed by atoms with Crippen molar-refractivity contribution in [1.82, 2.24) is 4.37 Å². The molecule has 0 spiro atoms. The maximum Gasteiger partial charge on any atom is 0.343 e. The lowest BCUT2D eigenvalue weighted by Crippen LogP contribution is -2.30. The first-order valence-corrected chi connectivity index (χ1v) is 7.05. The van der Waals surface area contributed by atoms with Gasteiger partial charge in [0, 0.05) is 5.69 Å². The lowest BCUT2D eigenvalue weighted by molar-refractivity contribution is -0.123. The second-order valence-corrected chi connectivity index (χ2v) is 5.22. The topological polar surface area (TPSA) is 94.3 Å². The summed E-state index contributed by atoms with van der Waals surface area (Å²) in [7, 11) is 0. The van der Waals surface area contributed by atoms with Crippen LogP contribution in [0.1, 0.15) is 23.0 Å². The number of nitrogens with zero attached hydrogens (tertiary/aromatic N) is 1. The molecule has 1 amide bonds. The van der Waals surface area contributed by atoms with Crippen molar-refractivity contribution in [1.29, 1.82) is 0 Å². The van der Waals surface area contributed by atoms with E-state index < -0.39 is 18.0 Å². The molecule has 0 fully saturated rings. The van der Waals surface area contributed by atoms with E-state index in [-0.39, 0.29) is 10.6 Å². The van der Waals surface area contributed by atoms with E-state index in [4.69, 9.17) is 10.5 Å². The van der Waals surface area contributed by atoms with Crippen LogP contribution in [-0.4, -0.2) is 22.4 Å². The molecule has 0 saturated heterocycles. The Bertz CT molecular complexity index is 635. The third-order valence-corrected chi connectivity index (χ3v) is 3.55. The molecule has 2 rings (SSSR count). The number of anilines is 2. The number of carbonyl (C=O) groups excluding carboxylic acids is 2. The second-order valence-electron chi connectivity index (χ2n) is 4.41. The molecule has 3 N–H and O–H groups in total. The van der Waals surface area contributed by atoms with E-state index in [0.717, 1.165) is 11.5 Å². The van der Waals surface area contributed by atoms with Crippen molar-refractivity contribution < 1.29 is 14.3 Å². The molecule has 0 aliphatic heterocycles. The zero-order valence-corrected chi connectivity index (χ0v) is 12.4. The Morgan fingerprint density at radius 2 is 2.00 bits per heavy atom. The zero-order valence-electron chi connectivity index (χ0n) is 11.6. The number of nitrogen functional groups attached to an aromatic ring is 1. The summed E-state index contributed by atoms with van der Waals surface area (Å²) >= 11 is 1.02. The van der Waals surface area contributed by atoms with Crippen LogP contribution >= 0.6 is 11.5 Å². The van der Waals surface area contributed by atoms with Crippen molar-refractivity contribution in [2.75, 3.05) is 11.1 Å². The highest BCUT2D eigenvalue weighted by atomic mass is 32.1. The van der Waals surface area contributed by atoms with Gasteiger partial charge in [0.25, 0.3) is 5.91 Å². The number of aromatic nitrogens is 1. The van der Waals surface area contributed by atoms with Crippen molar-refractivity contribution in [2.45, 2.75) is 20.0 Å². The Kier molecular flexibility index (Phi) is 4.54. The lowest BCUT2D eigenvalue weighted by Gasteiger charge is -2.13. The first kappa shape index (κ1) is 15.0. The SMILES string of the molecule is Cc1nsc(N)c1C(=O)OC(C)C(=O)Nc1ccccc1. The number of amides is 1. The molecular weight excluding hydrogens is 290 g/mol. The predicted octanol–water partition coefficient (Wildman–Crippen LogP) is 2.22. The molecule has 1 atom stereocenters. The molecule has 0 radical (unpaired) electrons. The van der Waals surface area contributed by atoms with Crippen LogP contribution in [0.15, 0.2) is 30.3 Å². The van der Waals surface area contributed by atoms with Gasteiger partial charge in [0.2, 0.25) is 0 Å². The fourth-order valence-electron chi connectivity index (χ4n) is 1.67. The van der Waals surface area contributed by atoms with Gasteiger partial charge in [-0.2, -0.15) is 4.37 Å². The summed E-state index contributed by atoms with van der Waals surface area (Å²) in [5.74, 6) is -1.05. The minimum atomic E-state index is -0.934. The van der Waals surface area contributed by atoms with Crippen molar-refractivity contribution in [2.24, 2.45) is 0 Å². The molecule has 1 unspecified atom stereocenters. The van der Waals surface area contributed by atoms with Gasteiger partial charge in [-0.3, -0.25) is 4.79 Å². The molecule has 1 heterocycles. The number of rotatable bonds is 4. The fourth-order valence-corrected chi connectivity index (χ4v) is 2.32. The van der Waals surface area contributed by atoms with Gasteiger partial charge < -0.3 is 15.8 Å². The van der Waals surface area contributed by atoms with E-state index in [0.29, 0.717) is 11.4 Å². The molecule has 0 bridgehead atoms. The molecule has 0 saturated carbocycles. The van der Waals surface area contributed by atoms with E-state index in [1.807, 2.05) is 6.07 Å². The van der Waals surface area contributed by atoms with Crippen LogP contribution in [0, 0.1) is 6.92 Å². The van der Waals surface area contributed by atoms with Crippen molar-refractivity contribution >= 4 is 34.1 Å². The summed E-state index contributed by atoms with van der Waals surface area (Å²) in [6, 6.07) is 8.93. The fraction of sp³-hybridized carbons (Fsp3) is 0.214. The van der Waals surface area contributed by atoms with Crippen LogP contribution in [-0.2, 0) is 9.53 Å². The Morgan fingerprint density at radius 1 is 1.33 bits per heavy atom. The van der Waals surface area contributed by atoms with Crippen molar-refractivity contribution in [3.8, 4) is 0 Å². The molecular formula is C14H15N3O3S. The molecule has 110 valence electrons. The Hall–Kier alpha value is -2.41. The van der Waals surface area contributed by atoms with Gasteiger partial charge in [-0.25, -0.2) is 4.79 Å². The molecule has 21 heavy (non-hydrogen) atoms. The van der Waals surface area contributed by atoms with Gasteiger partial charge in [0.1, 0.15) is 10.6 Å². The molecule has 0 aliphatic rings. The molecule has 6 nitrogen and oxygen atoms in total. The van der Waals surface area contributed by atoms with Crippen LogP contribution in [0.5, 0.6) is 0 Å². The minimum absolute atomic E-state index is 0.222. The second kappa shape index (κ2) is 6.36. The zero-order chi connectivity index (χ0) is 15.4. The number of esters is 1. The number of aryl methyl sites for hydroxylation is 1. The summed E-state index contributed by atoms with van der Waals surface area (Å²) < 4.78 is 9.10. The van der Waals surface area contributed by atoms with Crippen molar-refractivity contribution in [3.63, 3.8) is 0 Å². The molecule has 0 aliphatic carbocycles. The van der Waals surface area contributed by atoms with E-state index in [9.17, 15) is 9.59 Å². The van der Waals surface area contributed by atoms with E-state index >= 15 is 0 Å². The quantitative estimate of drug-likeness (QED) is 0.845. The number of hydrogen-bond donors (Lipinski definition) is 2. The largest absolute Gasteiger partial charge is 0.449 e. The maximum absolute atomic E-state index is 12.0. The third kappa shape index (κ3) is 3.57. The monoisotopic (exact) mass is 305 g/mol. The van der Waals surface area contributed by atoms with Gasteiger partial charge in [-0.15, -0.1) is 0 Å². The number of para-hydroxylation sites is 1. The number of carbonyl (C=O) groups is 2.